The van der Waals surface area contributed by atoms with Crippen molar-refractivity contribution in [3.8, 4) is 0 Å². The molecule has 1 aliphatic heterocycles. The zero-order valence-electron chi connectivity index (χ0n) is 12.3. The lowest BCUT2D eigenvalue weighted by Crippen LogP contribution is -2.51. The van der Waals surface area contributed by atoms with Crippen molar-refractivity contribution in [1.29, 1.82) is 0 Å². The molecule has 0 spiro atoms. The summed E-state index contributed by atoms with van der Waals surface area (Å²) in [6, 6.07) is 0. The van der Waals surface area contributed by atoms with Crippen LogP contribution < -0.4 is 0 Å². The van der Waals surface area contributed by atoms with Gasteiger partial charge < -0.3 is 14.4 Å². The molecule has 110 valence electrons. The Morgan fingerprint density at radius 2 is 1.68 bits per heavy atom. The van der Waals surface area contributed by atoms with Crippen molar-refractivity contribution in [2.24, 2.45) is 0 Å². The number of rotatable bonds is 3. The van der Waals surface area contributed by atoms with Crippen LogP contribution in [0.1, 0.15) is 27.7 Å². The summed E-state index contributed by atoms with van der Waals surface area (Å²) in [6.07, 6.45) is -0.289. The molecule has 0 aromatic carbocycles. The van der Waals surface area contributed by atoms with Gasteiger partial charge in [0.05, 0.1) is 13.2 Å². The highest BCUT2D eigenvalue weighted by Crippen LogP contribution is 2.11. The Labute approximate surface area is 114 Å². The Hall–Kier alpha value is -1.30. The zero-order chi connectivity index (χ0) is 14.5. The van der Waals surface area contributed by atoms with E-state index in [2.05, 4.69) is 0 Å². The highest BCUT2D eigenvalue weighted by atomic mass is 16.6. The third-order valence-corrected chi connectivity index (χ3v) is 2.68. The fourth-order valence-corrected chi connectivity index (χ4v) is 1.80. The maximum atomic E-state index is 11.8. The minimum atomic E-state index is -0.473. The van der Waals surface area contributed by atoms with Gasteiger partial charge in [-0.2, -0.15) is 0 Å². The van der Waals surface area contributed by atoms with Crippen molar-refractivity contribution in [1.82, 2.24) is 9.80 Å². The van der Waals surface area contributed by atoms with Crippen molar-refractivity contribution >= 4 is 12.1 Å². The highest BCUT2D eigenvalue weighted by molar-refractivity contribution is 5.72. The van der Waals surface area contributed by atoms with E-state index in [9.17, 15) is 9.59 Å². The van der Waals surface area contributed by atoms with Gasteiger partial charge >= 0.3 is 12.1 Å². The third-order valence-electron chi connectivity index (χ3n) is 2.68. The Morgan fingerprint density at radius 1 is 1.11 bits per heavy atom. The van der Waals surface area contributed by atoms with E-state index < -0.39 is 5.60 Å². The monoisotopic (exact) mass is 272 g/mol. The standard InChI is InChI=1S/C13H24N2O4/c1-5-18-11(16)10-14-6-8-15(9-7-14)12(17)19-13(2,3)4/h5-10H2,1-4H3. The van der Waals surface area contributed by atoms with Crippen LogP contribution in [0.5, 0.6) is 0 Å². The van der Waals surface area contributed by atoms with Gasteiger partial charge in [-0.1, -0.05) is 0 Å². The molecule has 1 rings (SSSR count). The van der Waals surface area contributed by atoms with Crippen molar-refractivity contribution in [2.75, 3.05) is 39.3 Å². The fraction of sp³-hybridized carbons (Fsp3) is 0.846. The van der Waals surface area contributed by atoms with E-state index in [-0.39, 0.29) is 18.6 Å². The Kier molecular flexibility index (Phi) is 5.60. The fourth-order valence-electron chi connectivity index (χ4n) is 1.80. The van der Waals surface area contributed by atoms with Gasteiger partial charge in [-0.05, 0) is 27.7 Å². The molecule has 0 aliphatic carbocycles. The van der Waals surface area contributed by atoms with E-state index in [1.165, 1.54) is 0 Å². The van der Waals surface area contributed by atoms with Crippen LogP contribution in [0.2, 0.25) is 0 Å². The molecule has 0 aromatic rings. The maximum Gasteiger partial charge on any atom is 0.410 e. The molecule has 0 unspecified atom stereocenters. The van der Waals surface area contributed by atoms with Crippen molar-refractivity contribution in [3.63, 3.8) is 0 Å². The number of piperazine rings is 1. The molecule has 19 heavy (non-hydrogen) atoms. The van der Waals surface area contributed by atoms with Gasteiger partial charge in [0.25, 0.3) is 0 Å². The molecule has 0 aromatic heterocycles. The van der Waals surface area contributed by atoms with Crippen LogP contribution in [0.15, 0.2) is 0 Å². The second-order valence-corrected chi connectivity index (χ2v) is 5.55. The average molecular weight is 272 g/mol. The molecule has 1 fully saturated rings. The Bertz CT molecular complexity index is 317. The number of ether oxygens (including phenoxy) is 2. The van der Waals surface area contributed by atoms with E-state index >= 15 is 0 Å². The predicted molar refractivity (Wildman–Crippen MR) is 70.9 cm³/mol. The minimum Gasteiger partial charge on any atom is -0.465 e. The molecule has 0 atom stereocenters. The van der Waals surface area contributed by atoms with Crippen molar-refractivity contribution in [2.45, 2.75) is 33.3 Å². The number of hydrogen-bond acceptors (Lipinski definition) is 5. The first-order chi connectivity index (χ1) is 8.81. The minimum absolute atomic E-state index is 0.215. The molecule has 6 heteroatoms. The summed E-state index contributed by atoms with van der Waals surface area (Å²) < 4.78 is 10.2. The topological polar surface area (TPSA) is 59.1 Å². The lowest BCUT2D eigenvalue weighted by molar-refractivity contribution is -0.144. The SMILES string of the molecule is CCOC(=O)CN1CCN(C(=O)OC(C)(C)C)CC1. The molecule has 0 radical (unpaired) electrons. The van der Waals surface area contributed by atoms with Gasteiger partial charge in [-0.25, -0.2) is 4.79 Å². The van der Waals surface area contributed by atoms with Gasteiger partial charge in [0, 0.05) is 26.2 Å². The number of carbonyl (C=O) groups excluding carboxylic acids is 2. The van der Waals surface area contributed by atoms with Crippen LogP contribution in [0.3, 0.4) is 0 Å². The quantitative estimate of drug-likeness (QED) is 0.720. The molecule has 6 nitrogen and oxygen atoms in total. The van der Waals surface area contributed by atoms with Crippen LogP contribution in [-0.2, 0) is 14.3 Å². The van der Waals surface area contributed by atoms with Gasteiger partial charge in [0.2, 0.25) is 0 Å². The summed E-state index contributed by atoms with van der Waals surface area (Å²) in [7, 11) is 0. The maximum absolute atomic E-state index is 11.8. The van der Waals surface area contributed by atoms with E-state index in [0.717, 1.165) is 0 Å². The number of amides is 1. The summed E-state index contributed by atoms with van der Waals surface area (Å²) in [5.74, 6) is -0.215. The molecule has 1 heterocycles. The van der Waals surface area contributed by atoms with Crippen LogP contribution in [0.4, 0.5) is 4.79 Å². The number of esters is 1. The predicted octanol–water partition coefficient (Wildman–Crippen LogP) is 1.10. The first-order valence-corrected chi connectivity index (χ1v) is 6.67. The number of carbonyl (C=O) groups is 2. The molecular weight excluding hydrogens is 248 g/mol. The van der Waals surface area contributed by atoms with Crippen LogP contribution in [0, 0.1) is 0 Å². The van der Waals surface area contributed by atoms with E-state index in [1.54, 1.807) is 11.8 Å². The van der Waals surface area contributed by atoms with Crippen molar-refractivity contribution < 1.29 is 19.1 Å². The largest absolute Gasteiger partial charge is 0.465 e. The summed E-state index contributed by atoms with van der Waals surface area (Å²) in [5, 5.41) is 0. The van der Waals surface area contributed by atoms with E-state index in [0.29, 0.717) is 32.8 Å². The molecular formula is C13H24N2O4. The van der Waals surface area contributed by atoms with Gasteiger partial charge in [0.15, 0.2) is 0 Å². The first kappa shape index (κ1) is 15.8. The summed E-state index contributed by atoms with van der Waals surface area (Å²) in [4.78, 5) is 26.8. The lowest BCUT2D eigenvalue weighted by atomic mass is 10.2. The van der Waals surface area contributed by atoms with E-state index in [4.69, 9.17) is 9.47 Å². The summed E-state index contributed by atoms with van der Waals surface area (Å²) in [5.41, 5.74) is -0.473. The summed E-state index contributed by atoms with van der Waals surface area (Å²) in [6.45, 7) is 10.5. The molecule has 0 saturated carbocycles. The Balaban J connectivity index is 2.32. The van der Waals surface area contributed by atoms with Gasteiger partial charge in [-0.15, -0.1) is 0 Å². The first-order valence-electron chi connectivity index (χ1n) is 6.67. The van der Waals surface area contributed by atoms with Crippen LogP contribution in [0.25, 0.3) is 0 Å². The third kappa shape index (κ3) is 5.92. The Morgan fingerprint density at radius 3 is 2.16 bits per heavy atom. The second-order valence-electron chi connectivity index (χ2n) is 5.55. The number of hydrogen-bond donors (Lipinski definition) is 0. The van der Waals surface area contributed by atoms with E-state index in [1.807, 2.05) is 25.7 Å². The van der Waals surface area contributed by atoms with Crippen LogP contribution >= 0.6 is 0 Å². The molecule has 0 N–H and O–H groups in total. The average Bonchev–Trinajstić information content (AvgIpc) is 2.27. The van der Waals surface area contributed by atoms with Crippen LogP contribution in [-0.4, -0.2) is 66.8 Å². The second kappa shape index (κ2) is 6.75. The lowest BCUT2D eigenvalue weighted by Gasteiger charge is -2.35. The van der Waals surface area contributed by atoms with Crippen molar-refractivity contribution in [3.05, 3.63) is 0 Å². The highest BCUT2D eigenvalue weighted by Gasteiger charge is 2.26. The normalized spacial score (nSPS) is 17.2. The van der Waals surface area contributed by atoms with Gasteiger partial charge in [0.1, 0.15) is 5.60 Å². The molecule has 1 amide bonds. The van der Waals surface area contributed by atoms with Gasteiger partial charge in [-0.3, -0.25) is 9.69 Å². The zero-order valence-corrected chi connectivity index (χ0v) is 12.3. The molecule has 0 bridgehead atoms. The molecule has 1 saturated heterocycles. The number of nitrogens with zero attached hydrogens (tertiary/aromatic N) is 2. The molecule has 1 aliphatic rings. The smallest absolute Gasteiger partial charge is 0.410 e. The summed E-state index contributed by atoms with van der Waals surface area (Å²) >= 11 is 0.